The summed E-state index contributed by atoms with van der Waals surface area (Å²) in [5, 5.41) is 6.31. The molecule has 0 radical (unpaired) electrons. The Balaban J connectivity index is 0.00000180. The monoisotopic (exact) mass is 304 g/mol. The van der Waals surface area contributed by atoms with E-state index < -0.39 is 0 Å². The molecule has 2 heterocycles. The van der Waals surface area contributed by atoms with Crippen molar-refractivity contribution in [2.75, 3.05) is 26.7 Å². The molecule has 1 aromatic heterocycles. The van der Waals surface area contributed by atoms with Gasteiger partial charge in [-0.1, -0.05) is 0 Å². The van der Waals surface area contributed by atoms with Gasteiger partial charge in [0.05, 0.1) is 7.11 Å². The molecule has 108 valence electrons. The van der Waals surface area contributed by atoms with E-state index >= 15 is 0 Å². The molecule has 1 unspecified atom stereocenters. The largest absolute Gasteiger partial charge is 0.495 e. The lowest BCUT2D eigenvalue weighted by molar-refractivity contribution is 0.0953. The van der Waals surface area contributed by atoms with E-state index in [1.54, 1.807) is 7.11 Å². The smallest absolute Gasteiger partial charge is 0.265 e. The Hall–Kier alpha value is -0.780. The molecule has 1 atom stereocenters. The molecule has 19 heavy (non-hydrogen) atoms. The zero-order chi connectivity index (χ0) is 13.0. The summed E-state index contributed by atoms with van der Waals surface area (Å²) in [5.74, 6) is 1.37. The number of rotatable bonds is 5. The summed E-state index contributed by atoms with van der Waals surface area (Å²) < 4.78 is 5.21. The lowest BCUT2D eigenvalue weighted by atomic mass is 10.1. The van der Waals surface area contributed by atoms with Crippen LogP contribution >= 0.6 is 23.7 Å². The first-order valence-electron chi connectivity index (χ1n) is 6.34. The first-order chi connectivity index (χ1) is 8.70. The second kappa shape index (κ2) is 7.72. The van der Waals surface area contributed by atoms with Crippen molar-refractivity contribution in [3.05, 3.63) is 15.8 Å². The third kappa shape index (κ3) is 4.37. The van der Waals surface area contributed by atoms with Gasteiger partial charge >= 0.3 is 0 Å². The van der Waals surface area contributed by atoms with E-state index in [0.717, 1.165) is 30.9 Å². The molecule has 0 spiro atoms. The molecule has 1 amide bonds. The van der Waals surface area contributed by atoms with Gasteiger partial charge in [-0.25, -0.2) is 0 Å². The maximum Gasteiger partial charge on any atom is 0.265 e. The average Bonchev–Trinajstić information content (AvgIpc) is 2.98. The Morgan fingerprint density at radius 3 is 3.05 bits per heavy atom. The number of hydrogen-bond donors (Lipinski definition) is 2. The van der Waals surface area contributed by atoms with Gasteiger partial charge < -0.3 is 15.4 Å². The molecule has 6 heteroatoms. The predicted octanol–water partition coefficient (Wildman–Crippen LogP) is 2.22. The van der Waals surface area contributed by atoms with Crippen LogP contribution in [-0.2, 0) is 0 Å². The van der Waals surface area contributed by atoms with Gasteiger partial charge in [0, 0.05) is 11.4 Å². The minimum absolute atomic E-state index is 0. The van der Waals surface area contributed by atoms with E-state index in [4.69, 9.17) is 4.74 Å². The van der Waals surface area contributed by atoms with Crippen LogP contribution in [0.15, 0.2) is 6.07 Å². The number of carbonyl (C=O) groups is 1. The minimum atomic E-state index is -0.0177. The Labute approximate surface area is 124 Å². The molecule has 2 rings (SSSR count). The predicted molar refractivity (Wildman–Crippen MR) is 80.8 cm³/mol. The third-order valence-electron chi connectivity index (χ3n) is 3.25. The first kappa shape index (κ1) is 16.3. The summed E-state index contributed by atoms with van der Waals surface area (Å²) in [6.45, 7) is 4.91. The van der Waals surface area contributed by atoms with Crippen molar-refractivity contribution in [1.82, 2.24) is 10.6 Å². The van der Waals surface area contributed by atoms with Crippen LogP contribution in [0.5, 0.6) is 5.75 Å². The van der Waals surface area contributed by atoms with Gasteiger partial charge in [0.15, 0.2) is 0 Å². The van der Waals surface area contributed by atoms with Crippen molar-refractivity contribution in [3.63, 3.8) is 0 Å². The molecule has 1 aliphatic rings. The standard InChI is InChI=1S/C13H20N2O2S.ClH/c1-9-7-11(17-2)12(18-9)13(16)15-6-4-10-3-5-14-8-10;/h7,10,14H,3-6,8H2,1-2H3,(H,15,16);1H. The molecule has 0 aromatic carbocycles. The zero-order valence-electron chi connectivity index (χ0n) is 11.3. The molecule has 2 N–H and O–H groups in total. The molecule has 1 saturated heterocycles. The van der Waals surface area contributed by atoms with Gasteiger partial charge in [0.25, 0.3) is 5.91 Å². The van der Waals surface area contributed by atoms with E-state index in [9.17, 15) is 4.79 Å². The number of hydrogen-bond acceptors (Lipinski definition) is 4. The molecule has 4 nitrogen and oxygen atoms in total. The normalized spacial score (nSPS) is 17.9. The summed E-state index contributed by atoms with van der Waals surface area (Å²) in [7, 11) is 1.60. The van der Waals surface area contributed by atoms with Crippen molar-refractivity contribution in [2.45, 2.75) is 19.8 Å². The fourth-order valence-electron chi connectivity index (χ4n) is 2.23. The van der Waals surface area contributed by atoms with E-state index in [2.05, 4.69) is 10.6 Å². The van der Waals surface area contributed by atoms with Crippen LogP contribution < -0.4 is 15.4 Å². The van der Waals surface area contributed by atoms with Crippen LogP contribution in [0.3, 0.4) is 0 Å². The second-order valence-electron chi connectivity index (χ2n) is 4.66. The van der Waals surface area contributed by atoms with Crippen molar-refractivity contribution in [1.29, 1.82) is 0 Å². The molecule has 0 bridgehead atoms. The average molecular weight is 305 g/mol. The quantitative estimate of drug-likeness (QED) is 0.877. The highest BCUT2D eigenvalue weighted by molar-refractivity contribution is 7.14. The van der Waals surface area contributed by atoms with Crippen molar-refractivity contribution < 1.29 is 9.53 Å². The maximum atomic E-state index is 12.0. The fourth-order valence-corrected chi connectivity index (χ4v) is 3.13. The Kier molecular flexibility index (Phi) is 6.62. The van der Waals surface area contributed by atoms with Gasteiger partial charge in [-0.3, -0.25) is 4.79 Å². The topological polar surface area (TPSA) is 50.4 Å². The summed E-state index contributed by atoms with van der Waals surface area (Å²) in [5.41, 5.74) is 0. The van der Waals surface area contributed by atoms with Crippen LogP contribution in [-0.4, -0.2) is 32.7 Å². The number of amides is 1. The summed E-state index contributed by atoms with van der Waals surface area (Å²) in [6, 6.07) is 1.90. The van der Waals surface area contributed by atoms with Crippen LogP contribution in [0.4, 0.5) is 0 Å². The van der Waals surface area contributed by atoms with Crippen LogP contribution in [0.1, 0.15) is 27.4 Å². The number of aryl methyl sites for hydroxylation is 1. The van der Waals surface area contributed by atoms with E-state index in [-0.39, 0.29) is 18.3 Å². The van der Waals surface area contributed by atoms with E-state index in [1.165, 1.54) is 17.8 Å². The van der Waals surface area contributed by atoms with Gasteiger partial charge in [-0.15, -0.1) is 23.7 Å². The van der Waals surface area contributed by atoms with Crippen molar-refractivity contribution in [2.24, 2.45) is 5.92 Å². The highest BCUT2D eigenvalue weighted by Gasteiger charge is 2.17. The molecular formula is C13H21ClN2O2S. The second-order valence-corrected chi connectivity index (χ2v) is 5.91. The van der Waals surface area contributed by atoms with Crippen LogP contribution in [0, 0.1) is 12.8 Å². The lowest BCUT2D eigenvalue weighted by Crippen LogP contribution is -2.26. The first-order valence-corrected chi connectivity index (χ1v) is 7.15. The molecule has 1 fully saturated rings. The SMILES string of the molecule is COc1cc(C)sc1C(=O)NCCC1CCNC1.Cl. The highest BCUT2D eigenvalue weighted by Crippen LogP contribution is 2.28. The third-order valence-corrected chi connectivity index (χ3v) is 4.28. The molecule has 1 aliphatic heterocycles. The van der Waals surface area contributed by atoms with E-state index in [1.807, 2.05) is 13.0 Å². The maximum absolute atomic E-state index is 12.0. The number of ether oxygens (including phenoxy) is 1. The Bertz CT molecular complexity index is 417. The van der Waals surface area contributed by atoms with Crippen molar-refractivity contribution >= 4 is 29.7 Å². The Morgan fingerprint density at radius 1 is 1.63 bits per heavy atom. The van der Waals surface area contributed by atoms with Crippen LogP contribution in [0.2, 0.25) is 0 Å². The molecule has 0 saturated carbocycles. The summed E-state index contributed by atoms with van der Waals surface area (Å²) in [4.78, 5) is 13.8. The molecule has 1 aromatic rings. The highest BCUT2D eigenvalue weighted by atomic mass is 35.5. The lowest BCUT2D eigenvalue weighted by Gasteiger charge is -2.09. The number of thiophene rings is 1. The van der Waals surface area contributed by atoms with Gasteiger partial charge in [-0.2, -0.15) is 0 Å². The number of methoxy groups -OCH3 is 1. The van der Waals surface area contributed by atoms with Gasteiger partial charge in [0.1, 0.15) is 10.6 Å². The summed E-state index contributed by atoms with van der Waals surface area (Å²) >= 11 is 1.48. The van der Waals surface area contributed by atoms with E-state index in [0.29, 0.717) is 16.5 Å². The number of halogens is 1. The zero-order valence-corrected chi connectivity index (χ0v) is 13.0. The number of nitrogens with one attached hydrogen (secondary N) is 2. The van der Waals surface area contributed by atoms with Crippen molar-refractivity contribution in [3.8, 4) is 5.75 Å². The minimum Gasteiger partial charge on any atom is -0.495 e. The number of carbonyl (C=O) groups excluding carboxylic acids is 1. The summed E-state index contributed by atoms with van der Waals surface area (Å²) in [6.07, 6.45) is 2.27. The fraction of sp³-hybridized carbons (Fsp3) is 0.615. The molecular weight excluding hydrogens is 284 g/mol. The van der Waals surface area contributed by atoms with Gasteiger partial charge in [0.2, 0.25) is 0 Å². The van der Waals surface area contributed by atoms with Crippen LogP contribution in [0.25, 0.3) is 0 Å². The molecule has 0 aliphatic carbocycles. The van der Waals surface area contributed by atoms with Gasteiger partial charge in [-0.05, 0) is 44.8 Å². The Morgan fingerprint density at radius 2 is 2.42 bits per heavy atom.